The molecular weight excluding hydrogens is 435 g/mol. The van der Waals surface area contributed by atoms with Gasteiger partial charge in [0.1, 0.15) is 0 Å². The summed E-state index contributed by atoms with van der Waals surface area (Å²) in [5, 5.41) is 19.5. The second kappa shape index (κ2) is 7.90. The fourth-order valence-electron chi connectivity index (χ4n) is 1.96. The standard InChI is InChI=1S/C17H13ClF3N3O4S/c1-16(26,17(19,20)21)15(25)23-14-7-6-12(8-13(14)18)29(27,28)24-11-4-2-10(9-22)3-5-11/h2-8,24,26H,1H3,(H,23,25)/t16-/m1/s1. The number of amides is 1. The highest BCUT2D eigenvalue weighted by atomic mass is 35.5. The predicted octanol–water partition coefficient (Wildman–Crippen LogP) is 3.26. The van der Waals surface area contributed by atoms with Crippen molar-refractivity contribution in [2.45, 2.75) is 23.6 Å². The summed E-state index contributed by atoms with van der Waals surface area (Å²) in [6.07, 6.45) is -5.22. The Morgan fingerprint density at radius 3 is 2.24 bits per heavy atom. The van der Waals surface area contributed by atoms with Crippen LogP contribution in [-0.2, 0) is 14.8 Å². The molecule has 0 unspecified atom stereocenters. The molecule has 0 bridgehead atoms. The van der Waals surface area contributed by atoms with Gasteiger partial charge in [0.25, 0.3) is 15.9 Å². The Morgan fingerprint density at radius 2 is 1.76 bits per heavy atom. The van der Waals surface area contributed by atoms with Crippen molar-refractivity contribution in [3.8, 4) is 6.07 Å². The molecule has 2 aromatic rings. The summed E-state index contributed by atoms with van der Waals surface area (Å²) in [5.41, 5.74) is -3.50. The third-order valence-corrected chi connectivity index (χ3v) is 5.45. The molecule has 29 heavy (non-hydrogen) atoms. The van der Waals surface area contributed by atoms with Crippen LogP contribution in [0, 0.1) is 11.3 Å². The van der Waals surface area contributed by atoms with Crippen LogP contribution in [0.15, 0.2) is 47.4 Å². The van der Waals surface area contributed by atoms with Gasteiger partial charge in [0.2, 0.25) is 5.60 Å². The lowest BCUT2D eigenvalue weighted by atomic mass is 10.1. The maximum Gasteiger partial charge on any atom is 0.426 e. The highest BCUT2D eigenvalue weighted by Gasteiger charge is 2.55. The van der Waals surface area contributed by atoms with E-state index >= 15 is 0 Å². The predicted molar refractivity (Wildman–Crippen MR) is 98.7 cm³/mol. The summed E-state index contributed by atoms with van der Waals surface area (Å²) in [5.74, 6) is -1.78. The van der Waals surface area contributed by atoms with Crippen LogP contribution in [0.1, 0.15) is 12.5 Å². The highest BCUT2D eigenvalue weighted by Crippen LogP contribution is 2.33. The third-order valence-electron chi connectivity index (χ3n) is 3.76. The molecule has 0 aromatic heterocycles. The first-order valence-corrected chi connectivity index (χ1v) is 9.57. The normalized spacial score (nSPS) is 13.8. The Hall–Kier alpha value is -2.81. The molecule has 0 radical (unpaired) electrons. The summed E-state index contributed by atoms with van der Waals surface area (Å²) in [6.45, 7) is 0.274. The van der Waals surface area contributed by atoms with E-state index in [9.17, 15) is 31.5 Å². The molecule has 1 atom stereocenters. The Morgan fingerprint density at radius 1 is 1.17 bits per heavy atom. The van der Waals surface area contributed by atoms with Gasteiger partial charge in [-0.25, -0.2) is 8.42 Å². The quantitative estimate of drug-likeness (QED) is 0.650. The molecule has 2 rings (SSSR count). The maximum atomic E-state index is 12.7. The largest absolute Gasteiger partial charge is 0.426 e. The number of carbonyl (C=O) groups is 1. The molecule has 0 aliphatic heterocycles. The smallest absolute Gasteiger partial charge is 0.373 e. The van der Waals surface area contributed by atoms with Crippen molar-refractivity contribution in [1.29, 1.82) is 5.26 Å². The van der Waals surface area contributed by atoms with Crippen LogP contribution in [0.25, 0.3) is 0 Å². The maximum absolute atomic E-state index is 12.7. The van der Waals surface area contributed by atoms with E-state index in [1.54, 1.807) is 0 Å². The van der Waals surface area contributed by atoms with E-state index in [1.165, 1.54) is 24.3 Å². The SMILES string of the molecule is C[C@@](O)(C(=O)Nc1ccc(S(=O)(=O)Nc2ccc(C#N)cc2)cc1Cl)C(F)(F)F. The summed E-state index contributed by atoms with van der Waals surface area (Å²) in [7, 11) is -4.11. The van der Waals surface area contributed by atoms with Gasteiger partial charge in [-0.1, -0.05) is 11.6 Å². The number of benzene rings is 2. The molecule has 7 nitrogen and oxygen atoms in total. The van der Waals surface area contributed by atoms with Crippen LogP contribution < -0.4 is 10.0 Å². The first-order valence-electron chi connectivity index (χ1n) is 7.71. The first kappa shape index (κ1) is 22.5. The number of hydrogen-bond donors (Lipinski definition) is 3. The molecule has 0 saturated carbocycles. The number of aliphatic hydroxyl groups is 1. The number of alkyl halides is 3. The average molecular weight is 448 g/mol. The van der Waals surface area contributed by atoms with Crippen LogP contribution >= 0.6 is 11.6 Å². The number of nitrogens with zero attached hydrogens (tertiary/aromatic N) is 1. The average Bonchev–Trinajstić information content (AvgIpc) is 2.62. The number of rotatable bonds is 5. The minimum Gasteiger partial charge on any atom is -0.373 e. The number of sulfonamides is 1. The molecule has 3 N–H and O–H groups in total. The number of nitriles is 1. The molecular formula is C17H13ClF3N3O4S. The lowest BCUT2D eigenvalue weighted by Crippen LogP contribution is -2.52. The van der Waals surface area contributed by atoms with E-state index < -0.39 is 27.7 Å². The van der Waals surface area contributed by atoms with Crippen LogP contribution in [0.2, 0.25) is 5.02 Å². The van der Waals surface area contributed by atoms with Gasteiger partial charge >= 0.3 is 6.18 Å². The zero-order valence-corrected chi connectivity index (χ0v) is 16.2. The van der Waals surface area contributed by atoms with Crippen molar-refractivity contribution in [3.05, 3.63) is 53.1 Å². The molecule has 12 heteroatoms. The summed E-state index contributed by atoms with van der Waals surface area (Å²) >= 11 is 5.88. The van der Waals surface area contributed by atoms with Crippen LogP contribution in [0.3, 0.4) is 0 Å². The molecule has 0 fully saturated rings. The monoisotopic (exact) mass is 447 g/mol. The molecule has 154 valence electrons. The van der Waals surface area contributed by atoms with Gasteiger partial charge in [-0.3, -0.25) is 9.52 Å². The number of carbonyl (C=O) groups excluding carboxylic acids is 1. The molecule has 0 heterocycles. The molecule has 2 aromatic carbocycles. The second-order valence-electron chi connectivity index (χ2n) is 5.96. The minimum atomic E-state index is -5.22. The van der Waals surface area contributed by atoms with Gasteiger partial charge in [-0.2, -0.15) is 18.4 Å². The molecule has 1 amide bonds. The molecule has 0 spiro atoms. The van der Waals surface area contributed by atoms with Gasteiger partial charge < -0.3 is 10.4 Å². The van der Waals surface area contributed by atoms with Crippen LogP contribution in [0.4, 0.5) is 24.5 Å². The van der Waals surface area contributed by atoms with E-state index in [2.05, 4.69) is 4.72 Å². The van der Waals surface area contributed by atoms with Crippen LogP contribution in [0.5, 0.6) is 0 Å². The van der Waals surface area contributed by atoms with E-state index in [0.29, 0.717) is 5.56 Å². The topological polar surface area (TPSA) is 119 Å². The Bertz CT molecular complexity index is 1080. The second-order valence-corrected chi connectivity index (χ2v) is 8.05. The van der Waals surface area contributed by atoms with E-state index in [0.717, 1.165) is 18.2 Å². The summed E-state index contributed by atoms with van der Waals surface area (Å²) in [4.78, 5) is 11.4. The number of nitrogens with one attached hydrogen (secondary N) is 2. The zero-order valence-electron chi connectivity index (χ0n) is 14.6. The molecule has 0 saturated heterocycles. The third kappa shape index (κ3) is 4.97. The Kier molecular flexibility index (Phi) is 6.13. The van der Waals surface area contributed by atoms with Gasteiger partial charge in [0, 0.05) is 5.69 Å². The van der Waals surface area contributed by atoms with E-state index in [4.69, 9.17) is 16.9 Å². The summed E-state index contributed by atoms with van der Waals surface area (Å²) in [6, 6.07) is 10.3. The van der Waals surface area contributed by atoms with Gasteiger partial charge in [0.15, 0.2) is 0 Å². The molecule has 0 aliphatic carbocycles. The molecule has 0 aliphatic rings. The van der Waals surface area contributed by atoms with Crippen LogP contribution in [-0.4, -0.2) is 31.2 Å². The van der Waals surface area contributed by atoms with Crippen molar-refractivity contribution < 1.29 is 31.5 Å². The number of hydrogen-bond acceptors (Lipinski definition) is 5. The Labute approximate surface area is 168 Å². The summed E-state index contributed by atoms with van der Waals surface area (Å²) < 4.78 is 65.2. The Balaban J connectivity index is 2.23. The van der Waals surface area contributed by atoms with Gasteiger partial charge in [-0.05, 0) is 49.4 Å². The van der Waals surface area contributed by atoms with Gasteiger partial charge in [0.05, 0.1) is 27.2 Å². The van der Waals surface area contributed by atoms with Crippen molar-refractivity contribution in [3.63, 3.8) is 0 Å². The van der Waals surface area contributed by atoms with Crippen molar-refractivity contribution in [2.24, 2.45) is 0 Å². The van der Waals surface area contributed by atoms with Crippen molar-refractivity contribution in [1.82, 2.24) is 0 Å². The van der Waals surface area contributed by atoms with Crippen molar-refractivity contribution >= 4 is 38.9 Å². The van der Waals surface area contributed by atoms with E-state index in [-0.39, 0.29) is 28.2 Å². The fraction of sp³-hybridized carbons (Fsp3) is 0.176. The first-order chi connectivity index (χ1) is 13.3. The van der Waals surface area contributed by atoms with E-state index in [1.807, 2.05) is 11.4 Å². The zero-order chi connectivity index (χ0) is 22.0. The minimum absolute atomic E-state index is 0.165. The highest BCUT2D eigenvalue weighted by molar-refractivity contribution is 7.92. The fourth-order valence-corrected chi connectivity index (χ4v) is 3.34. The lowest BCUT2D eigenvalue weighted by Gasteiger charge is -2.25. The van der Waals surface area contributed by atoms with Crippen molar-refractivity contribution in [2.75, 3.05) is 10.0 Å². The lowest BCUT2D eigenvalue weighted by molar-refractivity contribution is -0.242. The van der Waals surface area contributed by atoms with Gasteiger partial charge in [-0.15, -0.1) is 0 Å². The number of halogens is 4. The number of anilines is 2.